The summed E-state index contributed by atoms with van der Waals surface area (Å²) in [7, 11) is 0. The van der Waals surface area contributed by atoms with E-state index in [1.54, 1.807) is 4.90 Å². The Hall–Kier alpha value is -1.96. The fourth-order valence-corrected chi connectivity index (χ4v) is 3.47. The summed E-state index contributed by atoms with van der Waals surface area (Å²) < 4.78 is 7.21. The molecule has 1 saturated heterocycles. The van der Waals surface area contributed by atoms with Crippen molar-refractivity contribution in [3.63, 3.8) is 0 Å². The minimum atomic E-state index is -1.02. The first-order valence-corrected chi connectivity index (χ1v) is 8.13. The van der Waals surface area contributed by atoms with Gasteiger partial charge in [0.15, 0.2) is 5.69 Å². The van der Waals surface area contributed by atoms with Crippen molar-refractivity contribution in [2.45, 2.75) is 50.7 Å². The van der Waals surface area contributed by atoms with Crippen LogP contribution < -0.4 is 0 Å². The molecule has 0 atom stereocenters. The van der Waals surface area contributed by atoms with Gasteiger partial charge >= 0.3 is 5.97 Å². The van der Waals surface area contributed by atoms with Crippen molar-refractivity contribution in [1.29, 1.82) is 0 Å². The Morgan fingerprint density at radius 2 is 2.00 bits per heavy atom. The van der Waals surface area contributed by atoms with E-state index in [4.69, 9.17) is 9.84 Å². The van der Waals surface area contributed by atoms with E-state index in [0.717, 1.165) is 30.4 Å². The normalized spacial score (nSPS) is 21.1. The molecule has 1 aromatic rings. The Balaban J connectivity index is 1.69. The maximum absolute atomic E-state index is 12.6. The molecule has 1 amide bonds. The van der Waals surface area contributed by atoms with Gasteiger partial charge in [-0.05, 0) is 12.8 Å². The maximum atomic E-state index is 12.6. The lowest BCUT2D eigenvalue weighted by Gasteiger charge is -2.42. The van der Waals surface area contributed by atoms with Crippen molar-refractivity contribution in [3.05, 3.63) is 11.9 Å². The highest BCUT2D eigenvalue weighted by Crippen LogP contribution is 2.33. The summed E-state index contributed by atoms with van der Waals surface area (Å²) in [4.78, 5) is 25.1. The second kappa shape index (κ2) is 6.66. The van der Waals surface area contributed by atoms with Crippen LogP contribution >= 0.6 is 0 Å². The van der Waals surface area contributed by atoms with Crippen molar-refractivity contribution in [2.75, 3.05) is 19.7 Å². The molecular weight excluding hydrogens is 300 g/mol. The number of carboxylic acid groups (broad SMARTS) is 1. The van der Waals surface area contributed by atoms with E-state index in [1.165, 1.54) is 19.0 Å². The van der Waals surface area contributed by atoms with E-state index in [2.05, 4.69) is 10.3 Å². The van der Waals surface area contributed by atoms with Gasteiger partial charge in [-0.1, -0.05) is 30.9 Å². The lowest BCUT2D eigenvalue weighted by molar-refractivity contribution is -0.137. The molecule has 1 aromatic heterocycles. The zero-order valence-corrected chi connectivity index (χ0v) is 13.1. The number of amides is 1. The number of hydrogen-bond acceptors (Lipinski definition) is 5. The third-order valence-corrected chi connectivity index (χ3v) is 4.61. The number of morpholine rings is 1. The third kappa shape index (κ3) is 3.69. The van der Waals surface area contributed by atoms with Gasteiger partial charge in [-0.25, -0.2) is 4.68 Å². The van der Waals surface area contributed by atoms with Gasteiger partial charge in [-0.3, -0.25) is 9.59 Å². The molecule has 3 rings (SSSR count). The first-order valence-electron chi connectivity index (χ1n) is 8.13. The summed E-state index contributed by atoms with van der Waals surface area (Å²) in [6, 6.07) is 0. The lowest BCUT2D eigenvalue weighted by atomic mass is 9.92. The predicted molar refractivity (Wildman–Crippen MR) is 79.9 cm³/mol. The summed E-state index contributed by atoms with van der Waals surface area (Å²) in [6.07, 6.45) is 8.09. The van der Waals surface area contributed by atoms with E-state index in [0.29, 0.717) is 19.7 Å². The molecule has 1 saturated carbocycles. The van der Waals surface area contributed by atoms with Gasteiger partial charge in [0.05, 0.1) is 24.9 Å². The van der Waals surface area contributed by atoms with Crippen molar-refractivity contribution in [3.8, 4) is 0 Å². The standard InChI is InChI=1S/C15H22N4O4/c20-13(21)10-19-9-12(16-17-19)14(22)18-7-8-23-15(11-18)5-3-1-2-4-6-15/h9H,1-8,10-11H2,(H,20,21). The van der Waals surface area contributed by atoms with Gasteiger partial charge in [0.2, 0.25) is 0 Å². The van der Waals surface area contributed by atoms with E-state index in [1.807, 2.05) is 0 Å². The Kier molecular flexibility index (Phi) is 4.61. The van der Waals surface area contributed by atoms with Gasteiger partial charge in [0.25, 0.3) is 5.91 Å². The molecule has 23 heavy (non-hydrogen) atoms. The van der Waals surface area contributed by atoms with Gasteiger partial charge < -0.3 is 14.7 Å². The molecule has 0 unspecified atom stereocenters. The quantitative estimate of drug-likeness (QED) is 0.889. The van der Waals surface area contributed by atoms with E-state index in [-0.39, 0.29) is 23.7 Å². The highest BCUT2D eigenvalue weighted by Gasteiger charge is 2.39. The van der Waals surface area contributed by atoms with Gasteiger partial charge in [0.1, 0.15) is 6.54 Å². The molecule has 0 radical (unpaired) electrons. The molecule has 0 bridgehead atoms. The lowest BCUT2D eigenvalue weighted by Crippen LogP contribution is -2.53. The van der Waals surface area contributed by atoms with Gasteiger partial charge in [0, 0.05) is 6.54 Å². The van der Waals surface area contributed by atoms with E-state index < -0.39 is 5.97 Å². The molecule has 126 valence electrons. The van der Waals surface area contributed by atoms with Crippen LogP contribution in [-0.4, -0.2) is 62.2 Å². The Morgan fingerprint density at radius 1 is 1.26 bits per heavy atom. The Labute approximate surface area is 134 Å². The Morgan fingerprint density at radius 3 is 2.70 bits per heavy atom. The topological polar surface area (TPSA) is 97.5 Å². The summed E-state index contributed by atoms with van der Waals surface area (Å²) in [6.45, 7) is 1.35. The number of hydrogen-bond donors (Lipinski definition) is 1. The van der Waals surface area contributed by atoms with Crippen LogP contribution in [0.5, 0.6) is 0 Å². The summed E-state index contributed by atoms with van der Waals surface area (Å²) in [5.41, 5.74) is -0.0292. The van der Waals surface area contributed by atoms with Crippen LogP contribution in [-0.2, 0) is 16.1 Å². The molecule has 2 heterocycles. The average molecular weight is 322 g/mol. The van der Waals surface area contributed by atoms with Gasteiger partial charge in [-0.15, -0.1) is 5.10 Å². The molecule has 0 aromatic carbocycles. The fraction of sp³-hybridized carbons (Fsp3) is 0.733. The zero-order chi connectivity index (χ0) is 16.3. The SMILES string of the molecule is O=C(O)Cn1cc(C(=O)N2CCOC3(CCCCCC3)C2)nn1. The number of carboxylic acids is 1. The molecule has 8 heteroatoms. The summed E-state index contributed by atoms with van der Waals surface area (Å²) in [5, 5.41) is 16.3. The molecule has 1 spiro atoms. The van der Waals surface area contributed by atoms with E-state index in [9.17, 15) is 9.59 Å². The third-order valence-electron chi connectivity index (χ3n) is 4.61. The van der Waals surface area contributed by atoms with Crippen LogP contribution in [0.1, 0.15) is 49.0 Å². The van der Waals surface area contributed by atoms with Crippen molar-refractivity contribution in [2.24, 2.45) is 0 Å². The molecular formula is C15H22N4O4. The number of rotatable bonds is 3. The number of carbonyl (C=O) groups excluding carboxylic acids is 1. The maximum Gasteiger partial charge on any atom is 0.325 e. The second-order valence-corrected chi connectivity index (χ2v) is 6.37. The number of aliphatic carboxylic acids is 1. The van der Waals surface area contributed by atoms with E-state index >= 15 is 0 Å². The zero-order valence-electron chi connectivity index (χ0n) is 13.1. The second-order valence-electron chi connectivity index (χ2n) is 6.37. The Bertz CT molecular complexity index is 578. The number of ether oxygens (including phenoxy) is 1. The van der Waals surface area contributed by atoms with Crippen molar-refractivity contribution < 1.29 is 19.4 Å². The van der Waals surface area contributed by atoms with Crippen LogP contribution in [0, 0.1) is 0 Å². The molecule has 8 nitrogen and oxygen atoms in total. The number of carbonyl (C=O) groups is 2. The van der Waals surface area contributed by atoms with Crippen molar-refractivity contribution >= 4 is 11.9 Å². The number of nitrogens with zero attached hydrogens (tertiary/aromatic N) is 4. The average Bonchev–Trinajstić information content (AvgIpc) is 2.87. The minimum absolute atomic E-state index is 0.192. The molecule has 2 fully saturated rings. The van der Waals surface area contributed by atoms with Crippen LogP contribution in [0.15, 0.2) is 6.20 Å². The number of aromatic nitrogens is 3. The monoisotopic (exact) mass is 322 g/mol. The molecule has 2 aliphatic rings. The van der Waals surface area contributed by atoms with Crippen LogP contribution in [0.4, 0.5) is 0 Å². The first-order chi connectivity index (χ1) is 11.1. The van der Waals surface area contributed by atoms with Crippen LogP contribution in [0.25, 0.3) is 0 Å². The minimum Gasteiger partial charge on any atom is -0.480 e. The van der Waals surface area contributed by atoms with Crippen LogP contribution in [0.2, 0.25) is 0 Å². The highest BCUT2D eigenvalue weighted by atomic mass is 16.5. The van der Waals surface area contributed by atoms with Crippen LogP contribution in [0.3, 0.4) is 0 Å². The predicted octanol–water partition coefficient (Wildman–Crippen LogP) is 0.928. The molecule has 1 N–H and O–H groups in total. The fourth-order valence-electron chi connectivity index (χ4n) is 3.47. The molecule has 1 aliphatic carbocycles. The summed E-state index contributed by atoms with van der Waals surface area (Å²) in [5.74, 6) is -1.22. The van der Waals surface area contributed by atoms with Crippen molar-refractivity contribution in [1.82, 2.24) is 19.9 Å². The first kappa shape index (κ1) is 15.9. The highest BCUT2D eigenvalue weighted by molar-refractivity contribution is 5.92. The smallest absolute Gasteiger partial charge is 0.325 e. The largest absolute Gasteiger partial charge is 0.480 e. The molecule has 1 aliphatic heterocycles. The summed E-state index contributed by atoms with van der Waals surface area (Å²) >= 11 is 0. The van der Waals surface area contributed by atoms with Gasteiger partial charge in [-0.2, -0.15) is 0 Å².